The molecule has 0 radical (unpaired) electrons. The molecule has 3 saturated heterocycles. The van der Waals surface area contributed by atoms with Crippen molar-refractivity contribution in [2.24, 2.45) is 5.92 Å². The number of nitrogens with zero attached hydrogens (tertiary/aromatic N) is 8. The van der Waals surface area contributed by atoms with Crippen molar-refractivity contribution in [3.63, 3.8) is 0 Å². The van der Waals surface area contributed by atoms with Gasteiger partial charge in [-0.3, -0.25) is 4.79 Å². The average Bonchev–Trinajstić information content (AvgIpc) is 3.89. The summed E-state index contributed by atoms with van der Waals surface area (Å²) in [6.45, 7) is 9.22. The molecule has 0 saturated carbocycles. The molecule has 2 aromatic heterocycles. The van der Waals surface area contributed by atoms with E-state index in [-0.39, 0.29) is 29.7 Å². The number of piperidine rings is 1. The van der Waals surface area contributed by atoms with Crippen LogP contribution in [0.1, 0.15) is 39.2 Å². The average molecular weight is 658 g/mol. The molecule has 3 fully saturated rings. The Morgan fingerprint density at radius 1 is 0.938 bits per heavy atom. The molecule has 3 unspecified atom stereocenters. The monoisotopic (exact) mass is 657 g/mol. The van der Waals surface area contributed by atoms with Gasteiger partial charge in [0.05, 0.1) is 30.7 Å². The Kier molecular flexibility index (Phi) is 9.17. The first kappa shape index (κ1) is 31.9. The molecule has 14 heteroatoms. The Morgan fingerprint density at radius 2 is 1.58 bits per heavy atom. The fourth-order valence-corrected chi connectivity index (χ4v) is 6.73. The van der Waals surface area contributed by atoms with Crippen LogP contribution in [0.2, 0.25) is 0 Å². The lowest BCUT2D eigenvalue weighted by atomic mass is 9.88. The van der Waals surface area contributed by atoms with Crippen LogP contribution in [0.4, 0.5) is 11.4 Å². The van der Waals surface area contributed by atoms with Crippen LogP contribution < -0.4 is 25.5 Å². The molecule has 5 heterocycles. The molecule has 0 spiro atoms. The van der Waals surface area contributed by atoms with Crippen LogP contribution in [0.3, 0.4) is 0 Å². The number of benzene rings is 2. The predicted octanol–water partition coefficient (Wildman–Crippen LogP) is 2.64. The number of hydrogen-bond donors (Lipinski definition) is 1. The lowest BCUT2D eigenvalue weighted by Gasteiger charge is -2.37. The van der Waals surface area contributed by atoms with Gasteiger partial charge < -0.3 is 29.3 Å². The number of aromatic nitrogens is 6. The normalized spacial score (nSPS) is 23.7. The minimum Gasteiger partial charge on any atom is -0.491 e. The maximum atomic E-state index is 12.8. The van der Waals surface area contributed by atoms with E-state index in [2.05, 4.69) is 54.7 Å². The van der Waals surface area contributed by atoms with Crippen LogP contribution in [-0.4, -0.2) is 93.1 Å². The van der Waals surface area contributed by atoms with Gasteiger partial charge in [-0.2, -0.15) is 20.1 Å². The molecule has 4 atom stereocenters. The summed E-state index contributed by atoms with van der Waals surface area (Å²) in [6, 6.07) is 16.4. The fourth-order valence-electron chi connectivity index (χ4n) is 6.73. The Morgan fingerprint density at radius 3 is 2.23 bits per heavy atom. The zero-order valence-electron chi connectivity index (χ0n) is 27.5. The second kappa shape index (κ2) is 13.8. The zero-order chi connectivity index (χ0) is 33.1. The van der Waals surface area contributed by atoms with Gasteiger partial charge in [0.2, 0.25) is 5.91 Å². The summed E-state index contributed by atoms with van der Waals surface area (Å²) in [6.07, 6.45) is 6.51. The minimum absolute atomic E-state index is 0.00220. The van der Waals surface area contributed by atoms with E-state index >= 15 is 0 Å². The summed E-state index contributed by atoms with van der Waals surface area (Å²) in [5.74, 6) is -0.311. The van der Waals surface area contributed by atoms with Crippen LogP contribution in [0, 0.1) is 5.92 Å². The van der Waals surface area contributed by atoms with Crippen LogP contribution >= 0.6 is 0 Å². The number of amides is 1. The predicted molar refractivity (Wildman–Crippen MR) is 179 cm³/mol. The van der Waals surface area contributed by atoms with Crippen LogP contribution in [-0.2, 0) is 20.8 Å². The molecule has 14 nitrogen and oxygen atoms in total. The number of ether oxygens (including phenoxy) is 3. The summed E-state index contributed by atoms with van der Waals surface area (Å²) in [7, 11) is 0. The van der Waals surface area contributed by atoms with Crippen molar-refractivity contribution < 1.29 is 19.0 Å². The van der Waals surface area contributed by atoms with Crippen molar-refractivity contribution in [2.45, 2.75) is 57.6 Å². The molecule has 2 aromatic carbocycles. The van der Waals surface area contributed by atoms with Gasteiger partial charge in [-0.15, -0.1) is 0 Å². The van der Waals surface area contributed by atoms with Crippen LogP contribution in [0.15, 0.2) is 72.0 Å². The Labute approximate surface area is 279 Å². The second-order valence-electron chi connectivity index (χ2n) is 12.7. The topological polar surface area (TPSA) is 134 Å². The van der Waals surface area contributed by atoms with E-state index in [1.807, 2.05) is 38.1 Å². The number of anilines is 2. The molecule has 254 valence electrons. The SMILES string of the molecule is CCC(C)n1ncn(-c2ccc(N3CCN(c4ccc(OCC5CO[C@@](Cn6nccn6)(C6CCNC(=O)C6)O5)cc4)CC3)cc2)c1=O. The molecular weight excluding hydrogens is 614 g/mol. The van der Waals surface area contributed by atoms with E-state index in [4.69, 9.17) is 14.2 Å². The first-order valence-electron chi connectivity index (χ1n) is 16.8. The Balaban J connectivity index is 0.907. The van der Waals surface area contributed by atoms with Crippen molar-refractivity contribution in [3.05, 3.63) is 77.7 Å². The van der Waals surface area contributed by atoms with E-state index in [0.717, 1.165) is 61.8 Å². The van der Waals surface area contributed by atoms with Gasteiger partial charge in [-0.05, 0) is 68.3 Å². The van der Waals surface area contributed by atoms with E-state index in [1.54, 1.807) is 32.8 Å². The summed E-state index contributed by atoms with van der Waals surface area (Å²) in [4.78, 5) is 31.3. The van der Waals surface area contributed by atoms with Crippen molar-refractivity contribution in [1.82, 2.24) is 34.7 Å². The number of hydrogen-bond acceptors (Lipinski definition) is 10. The van der Waals surface area contributed by atoms with Crippen LogP contribution in [0.25, 0.3) is 5.69 Å². The van der Waals surface area contributed by atoms with Gasteiger partial charge in [0.1, 0.15) is 31.3 Å². The number of rotatable bonds is 11. The molecule has 7 rings (SSSR count). The number of carbonyl (C=O) groups is 1. The standard InChI is InChI=1S/C34H43N9O5/c1-3-25(2)43-33(45)41(24-38-43)29-6-4-27(5-7-29)39-16-18-40(19-17-39)28-8-10-30(11-9-28)46-21-31-22-47-34(48-31,23-42-36-14-15-37-42)26-12-13-35-32(44)20-26/h4-11,14-15,24-26,31H,3,12-13,16-23H2,1-2H3,(H,35,44)/t25?,26?,31?,34-/m1/s1. The largest absolute Gasteiger partial charge is 0.491 e. The van der Waals surface area contributed by atoms with Gasteiger partial charge in [0, 0.05) is 56.4 Å². The summed E-state index contributed by atoms with van der Waals surface area (Å²) in [5.41, 5.74) is 2.99. The van der Waals surface area contributed by atoms with Gasteiger partial charge in [-0.1, -0.05) is 6.92 Å². The lowest BCUT2D eigenvalue weighted by molar-refractivity contribution is -0.223. The first-order chi connectivity index (χ1) is 23.4. The summed E-state index contributed by atoms with van der Waals surface area (Å²) < 4.78 is 22.0. The first-order valence-corrected chi connectivity index (χ1v) is 16.8. The summed E-state index contributed by atoms with van der Waals surface area (Å²) >= 11 is 0. The third kappa shape index (κ3) is 6.67. The Hall–Kier alpha value is -4.69. The lowest BCUT2D eigenvalue weighted by Crippen LogP contribution is -2.50. The highest BCUT2D eigenvalue weighted by molar-refractivity contribution is 5.77. The maximum Gasteiger partial charge on any atom is 0.350 e. The molecule has 4 aromatic rings. The molecule has 3 aliphatic heterocycles. The van der Waals surface area contributed by atoms with Crippen molar-refractivity contribution in [2.75, 3.05) is 55.7 Å². The fraction of sp³-hybridized carbons (Fsp3) is 0.500. The van der Waals surface area contributed by atoms with E-state index in [1.165, 1.54) is 0 Å². The minimum atomic E-state index is -0.977. The van der Waals surface area contributed by atoms with E-state index in [0.29, 0.717) is 32.7 Å². The maximum absolute atomic E-state index is 12.8. The molecule has 0 aliphatic carbocycles. The van der Waals surface area contributed by atoms with E-state index in [9.17, 15) is 9.59 Å². The molecule has 3 aliphatic rings. The smallest absolute Gasteiger partial charge is 0.350 e. The third-order valence-corrected chi connectivity index (χ3v) is 9.69. The highest BCUT2D eigenvalue weighted by Crippen LogP contribution is 2.38. The summed E-state index contributed by atoms with van der Waals surface area (Å²) in [5, 5.41) is 15.7. The zero-order valence-corrected chi connectivity index (χ0v) is 27.5. The van der Waals surface area contributed by atoms with Gasteiger partial charge in [0.25, 0.3) is 0 Å². The molecular formula is C34H43N9O5. The van der Waals surface area contributed by atoms with Gasteiger partial charge >= 0.3 is 5.69 Å². The van der Waals surface area contributed by atoms with Gasteiger partial charge in [0.15, 0.2) is 5.79 Å². The van der Waals surface area contributed by atoms with Crippen LogP contribution in [0.5, 0.6) is 5.75 Å². The molecule has 0 bridgehead atoms. The second-order valence-corrected chi connectivity index (χ2v) is 12.7. The van der Waals surface area contributed by atoms with Gasteiger partial charge in [-0.25, -0.2) is 14.0 Å². The van der Waals surface area contributed by atoms with Crippen molar-refractivity contribution in [1.29, 1.82) is 0 Å². The van der Waals surface area contributed by atoms with Crippen molar-refractivity contribution >= 4 is 17.3 Å². The highest BCUT2D eigenvalue weighted by atomic mass is 16.8. The van der Waals surface area contributed by atoms with E-state index < -0.39 is 5.79 Å². The molecule has 48 heavy (non-hydrogen) atoms. The Bertz CT molecular complexity index is 1710. The number of piperazine rings is 1. The number of nitrogens with one attached hydrogen (secondary N) is 1. The molecule has 1 amide bonds. The molecule has 1 N–H and O–H groups in total. The third-order valence-electron chi connectivity index (χ3n) is 9.69. The number of carbonyl (C=O) groups excluding carboxylic acids is 1. The quantitative estimate of drug-likeness (QED) is 0.257. The van der Waals surface area contributed by atoms with Crippen molar-refractivity contribution in [3.8, 4) is 11.4 Å². The highest BCUT2D eigenvalue weighted by Gasteiger charge is 2.50.